The van der Waals surface area contributed by atoms with Gasteiger partial charge in [0.2, 0.25) is 0 Å². The molecule has 1 unspecified atom stereocenters. The van der Waals surface area contributed by atoms with Crippen molar-refractivity contribution in [2.75, 3.05) is 25.0 Å². The Hall–Kier alpha value is -1.81. The first-order valence-electron chi connectivity index (χ1n) is 7.83. The first kappa shape index (κ1) is 16.6. The minimum Gasteiger partial charge on any atom is -0.393 e. The molecule has 1 saturated heterocycles. The number of rotatable bonds is 4. The molecule has 1 atom stereocenters. The Balaban J connectivity index is 2.08. The zero-order valence-corrected chi connectivity index (χ0v) is 13.5. The van der Waals surface area contributed by atoms with E-state index in [0.717, 1.165) is 12.1 Å². The maximum atomic E-state index is 12.7. The third-order valence-electron chi connectivity index (χ3n) is 4.01. The standard InChI is InChI=1S/C18H26N2O2/c1-4-10-19-15-7-5-14(6-8-15)17(22)20-11-9-16(21)12-18(2,3)13-20/h4-8,16,19,21H,1,9-13H2,2-3H3. The third-order valence-corrected chi connectivity index (χ3v) is 4.01. The van der Waals surface area contributed by atoms with E-state index in [-0.39, 0.29) is 17.4 Å². The lowest BCUT2D eigenvalue weighted by Crippen LogP contribution is -2.37. The third kappa shape index (κ3) is 4.34. The van der Waals surface area contributed by atoms with Crippen LogP contribution < -0.4 is 5.32 Å². The minimum atomic E-state index is -0.321. The summed E-state index contributed by atoms with van der Waals surface area (Å²) in [7, 11) is 0. The van der Waals surface area contributed by atoms with Gasteiger partial charge in [-0.25, -0.2) is 0 Å². The van der Waals surface area contributed by atoms with Gasteiger partial charge in [0.15, 0.2) is 0 Å². The first-order valence-corrected chi connectivity index (χ1v) is 7.83. The number of hydrogen-bond donors (Lipinski definition) is 2. The summed E-state index contributed by atoms with van der Waals surface area (Å²) in [5.74, 6) is 0.0393. The lowest BCUT2D eigenvalue weighted by atomic mass is 9.87. The van der Waals surface area contributed by atoms with Gasteiger partial charge in [-0.05, 0) is 42.5 Å². The van der Waals surface area contributed by atoms with Gasteiger partial charge in [-0.3, -0.25) is 4.79 Å². The molecular formula is C18H26N2O2. The molecule has 0 aliphatic carbocycles. The summed E-state index contributed by atoms with van der Waals surface area (Å²) in [6, 6.07) is 7.52. The number of carbonyl (C=O) groups is 1. The molecule has 2 rings (SSSR count). The summed E-state index contributed by atoms with van der Waals surface area (Å²) in [5, 5.41) is 13.2. The Morgan fingerprint density at radius 2 is 2.14 bits per heavy atom. The SMILES string of the molecule is C=CCNc1ccc(C(=O)N2CCC(O)CC(C)(C)C2)cc1. The summed E-state index contributed by atoms with van der Waals surface area (Å²) in [4.78, 5) is 14.5. The van der Waals surface area contributed by atoms with E-state index >= 15 is 0 Å². The van der Waals surface area contributed by atoms with Gasteiger partial charge in [-0.1, -0.05) is 19.9 Å². The number of anilines is 1. The van der Waals surface area contributed by atoms with Crippen LogP contribution in [0.1, 0.15) is 37.0 Å². The van der Waals surface area contributed by atoms with Crippen LogP contribution in [0.3, 0.4) is 0 Å². The lowest BCUT2D eigenvalue weighted by Gasteiger charge is -2.29. The van der Waals surface area contributed by atoms with Crippen LogP contribution in [0.5, 0.6) is 0 Å². The van der Waals surface area contributed by atoms with Crippen LogP contribution in [0, 0.1) is 5.41 Å². The van der Waals surface area contributed by atoms with Gasteiger partial charge >= 0.3 is 0 Å². The fraction of sp³-hybridized carbons (Fsp3) is 0.500. The quantitative estimate of drug-likeness (QED) is 0.841. The second-order valence-electron chi connectivity index (χ2n) is 6.78. The Morgan fingerprint density at radius 1 is 1.45 bits per heavy atom. The highest BCUT2D eigenvalue weighted by Crippen LogP contribution is 2.29. The van der Waals surface area contributed by atoms with E-state index in [1.165, 1.54) is 0 Å². The number of likely N-dealkylation sites (tertiary alicyclic amines) is 1. The molecule has 4 heteroatoms. The Bertz CT molecular complexity index is 522. The lowest BCUT2D eigenvalue weighted by molar-refractivity contribution is 0.0705. The highest BCUT2D eigenvalue weighted by Gasteiger charge is 2.31. The number of carbonyl (C=O) groups excluding carboxylic acids is 1. The normalized spacial score (nSPS) is 21.0. The van der Waals surface area contributed by atoms with E-state index in [1.54, 1.807) is 6.08 Å². The van der Waals surface area contributed by atoms with Crippen molar-refractivity contribution in [2.24, 2.45) is 5.41 Å². The van der Waals surface area contributed by atoms with Crippen molar-refractivity contribution < 1.29 is 9.90 Å². The van der Waals surface area contributed by atoms with E-state index in [0.29, 0.717) is 31.6 Å². The maximum Gasteiger partial charge on any atom is 0.253 e. The van der Waals surface area contributed by atoms with Crippen LogP contribution in [-0.2, 0) is 0 Å². The predicted molar refractivity (Wildman–Crippen MR) is 90.1 cm³/mol. The summed E-state index contributed by atoms with van der Waals surface area (Å²) in [6.07, 6.45) is 2.86. The topological polar surface area (TPSA) is 52.6 Å². The molecule has 1 heterocycles. The zero-order chi connectivity index (χ0) is 16.2. The van der Waals surface area contributed by atoms with Gasteiger partial charge in [0.1, 0.15) is 0 Å². The van der Waals surface area contributed by atoms with Crippen LogP contribution in [-0.4, -0.2) is 41.7 Å². The summed E-state index contributed by atoms with van der Waals surface area (Å²) in [5.41, 5.74) is 1.61. The molecule has 0 aromatic heterocycles. The molecule has 1 aromatic carbocycles. The number of hydrogen-bond acceptors (Lipinski definition) is 3. The van der Waals surface area contributed by atoms with E-state index in [2.05, 4.69) is 25.7 Å². The van der Waals surface area contributed by atoms with Crippen LogP contribution in [0.25, 0.3) is 0 Å². The first-order chi connectivity index (χ1) is 10.4. The van der Waals surface area contributed by atoms with Crippen molar-refractivity contribution in [3.05, 3.63) is 42.5 Å². The van der Waals surface area contributed by atoms with Crippen molar-refractivity contribution in [1.29, 1.82) is 0 Å². The summed E-state index contributed by atoms with van der Waals surface area (Å²) >= 11 is 0. The number of aliphatic hydroxyl groups excluding tert-OH is 1. The average molecular weight is 302 g/mol. The molecule has 0 radical (unpaired) electrons. The molecule has 0 saturated carbocycles. The molecule has 1 aliphatic rings. The number of nitrogens with one attached hydrogen (secondary N) is 1. The maximum absolute atomic E-state index is 12.7. The van der Waals surface area contributed by atoms with Crippen molar-refractivity contribution >= 4 is 11.6 Å². The van der Waals surface area contributed by atoms with Gasteiger partial charge in [-0.2, -0.15) is 0 Å². The average Bonchev–Trinajstić information content (AvgIpc) is 2.62. The van der Waals surface area contributed by atoms with Crippen LogP contribution in [0.15, 0.2) is 36.9 Å². The van der Waals surface area contributed by atoms with Crippen LogP contribution >= 0.6 is 0 Å². The minimum absolute atomic E-state index is 0.0393. The molecule has 1 aromatic rings. The van der Waals surface area contributed by atoms with Gasteiger partial charge in [-0.15, -0.1) is 6.58 Å². The smallest absolute Gasteiger partial charge is 0.253 e. The van der Waals surface area contributed by atoms with Crippen molar-refractivity contribution in [3.63, 3.8) is 0 Å². The molecule has 0 spiro atoms. The molecule has 1 fully saturated rings. The predicted octanol–water partition coefficient (Wildman–Crippen LogP) is 2.91. The monoisotopic (exact) mass is 302 g/mol. The summed E-state index contributed by atoms with van der Waals surface area (Å²) in [6.45, 7) is 9.86. The number of aliphatic hydroxyl groups is 1. The highest BCUT2D eigenvalue weighted by atomic mass is 16.3. The molecule has 2 N–H and O–H groups in total. The number of benzene rings is 1. The zero-order valence-electron chi connectivity index (χ0n) is 13.5. The van der Waals surface area contributed by atoms with E-state index < -0.39 is 0 Å². The summed E-state index contributed by atoms with van der Waals surface area (Å²) < 4.78 is 0. The molecule has 120 valence electrons. The number of nitrogens with zero attached hydrogens (tertiary/aromatic N) is 1. The molecule has 0 bridgehead atoms. The van der Waals surface area contributed by atoms with Gasteiger partial charge in [0, 0.05) is 30.9 Å². The Labute approximate surface area is 132 Å². The highest BCUT2D eigenvalue weighted by molar-refractivity contribution is 5.94. The molecular weight excluding hydrogens is 276 g/mol. The van der Waals surface area contributed by atoms with Gasteiger partial charge in [0.25, 0.3) is 5.91 Å². The van der Waals surface area contributed by atoms with Gasteiger partial charge in [0.05, 0.1) is 6.10 Å². The van der Waals surface area contributed by atoms with Crippen LogP contribution in [0.2, 0.25) is 0 Å². The van der Waals surface area contributed by atoms with Crippen LogP contribution in [0.4, 0.5) is 5.69 Å². The van der Waals surface area contributed by atoms with Crippen molar-refractivity contribution in [2.45, 2.75) is 32.8 Å². The Morgan fingerprint density at radius 3 is 2.77 bits per heavy atom. The fourth-order valence-electron chi connectivity index (χ4n) is 2.98. The molecule has 1 aliphatic heterocycles. The van der Waals surface area contributed by atoms with E-state index in [1.807, 2.05) is 29.2 Å². The van der Waals surface area contributed by atoms with Crippen molar-refractivity contribution in [3.8, 4) is 0 Å². The fourth-order valence-corrected chi connectivity index (χ4v) is 2.98. The second-order valence-corrected chi connectivity index (χ2v) is 6.78. The molecule has 1 amide bonds. The number of amides is 1. The largest absolute Gasteiger partial charge is 0.393 e. The molecule has 4 nitrogen and oxygen atoms in total. The Kier molecular flexibility index (Phi) is 5.24. The second kappa shape index (κ2) is 6.97. The molecule has 22 heavy (non-hydrogen) atoms. The van der Waals surface area contributed by atoms with Gasteiger partial charge < -0.3 is 15.3 Å². The van der Waals surface area contributed by atoms with E-state index in [4.69, 9.17) is 0 Å². The van der Waals surface area contributed by atoms with Crippen molar-refractivity contribution in [1.82, 2.24) is 4.90 Å². The van der Waals surface area contributed by atoms with E-state index in [9.17, 15) is 9.90 Å².